The van der Waals surface area contributed by atoms with E-state index in [1.165, 1.54) is 11.1 Å². The summed E-state index contributed by atoms with van der Waals surface area (Å²) in [6, 6.07) is 25.0. The maximum Gasteiger partial charge on any atom is 0.136 e. The van der Waals surface area contributed by atoms with Crippen molar-refractivity contribution in [2.75, 3.05) is 37.6 Å². The van der Waals surface area contributed by atoms with Crippen LogP contribution in [-0.4, -0.2) is 42.6 Å². The van der Waals surface area contributed by atoms with Crippen LogP contribution < -0.4 is 9.64 Å². The average molecular weight is 374 g/mol. The van der Waals surface area contributed by atoms with Crippen LogP contribution in [0.25, 0.3) is 0 Å². The zero-order valence-electron chi connectivity index (χ0n) is 16.4. The van der Waals surface area contributed by atoms with E-state index >= 15 is 0 Å². The third-order valence-electron chi connectivity index (χ3n) is 5.24. The highest BCUT2D eigenvalue weighted by Crippen LogP contribution is 2.24. The lowest BCUT2D eigenvalue weighted by molar-refractivity contribution is 0.128. The predicted molar refractivity (Wildman–Crippen MR) is 114 cm³/mol. The number of pyridine rings is 1. The summed E-state index contributed by atoms with van der Waals surface area (Å²) >= 11 is 0. The maximum absolute atomic E-state index is 6.40. The van der Waals surface area contributed by atoms with E-state index in [2.05, 4.69) is 88.4 Å². The fraction of sp³-hybridized carbons (Fsp3) is 0.292. The summed E-state index contributed by atoms with van der Waals surface area (Å²) in [5.41, 5.74) is 2.46. The van der Waals surface area contributed by atoms with Crippen LogP contribution in [0.5, 0.6) is 5.75 Å². The lowest BCUT2D eigenvalue weighted by atomic mass is 10.1. The zero-order valence-corrected chi connectivity index (χ0v) is 16.4. The summed E-state index contributed by atoms with van der Waals surface area (Å²) in [6.45, 7) is 6.98. The van der Waals surface area contributed by atoms with Crippen molar-refractivity contribution >= 4 is 5.82 Å². The molecule has 0 bridgehead atoms. The van der Waals surface area contributed by atoms with E-state index in [1.807, 2.05) is 12.3 Å². The molecular formula is C24H27N3O. The summed E-state index contributed by atoms with van der Waals surface area (Å²) in [5, 5.41) is 0. The van der Waals surface area contributed by atoms with Crippen molar-refractivity contribution in [3.63, 3.8) is 0 Å². The van der Waals surface area contributed by atoms with Crippen molar-refractivity contribution in [2.24, 2.45) is 0 Å². The quantitative estimate of drug-likeness (QED) is 0.643. The van der Waals surface area contributed by atoms with Gasteiger partial charge >= 0.3 is 0 Å². The molecule has 2 heterocycles. The van der Waals surface area contributed by atoms with E-state index in [1.54, 1.807) is 0 Å². The Labute approximate surface area is 167 Å². The Bertz CT molecular complexity index is 844. The molecule has 1 atom stereocenters. The molecule has 0 N–H and O–H groups in total. The van der Waals surface area contributed by atoms with Gasteiger partial charge in [0.15, 0.2) is 0 Å². The van der Waals surface area contributed by atoms with Crippen molar-refractivity contribution < 1.29 is 4.74 Å². The maximum atomic E-state index is 6.40. The van der Waals surface area contributed by atoms with Gasteiger partial charge < -0.3 is 9.64 Å². The molecule has 1 saturated heterocycles. The molecule has 1 aromatic heterocycles. The number of anilines is 1. The summed E-state index contributed by atoms with van der Waals surface area (Å²) in [4.78, 5) is 9.33. The number of hydrogen-bond donors (Lipinski definition) is 0. The first kappa shape index (κ1) is 18.5. The first-order chi connectivity index (χ1) is 13.8. The Balaban J connectivity index is 1.42. The van der Waals surface area contributed by atoms with Crippen molar-refractivity contribution in [2.45, 2.75) is 13.0 Å². The topological polar surface area (TPSA) is 28.6 Å². The van der Waals surface area contributed by atoms with Gasteiger partial charge in [-0.3, -0.25) is 4.90 Å². The molecule has 0 radical (unpaired) electrons. The van der Waals surface area contributed by atoms with E-state index in [0.29, 0.717) is 0 Å². The molecule has 4 rings (SSSR count). The summed E-state index contributed by atoms with van der Waals surface area (Å²) in [5.74, 6) is 1.99. The minimum Gasteiger partial charge on any atom is -0.484 e. The first-order valence-corrected chi connectivity index (χ1v) is 9.94. The van der Waals surface area contributed by atoms with Crippen molar-refractivity contribution in [1.29, 1.82) is 0 Å². The summed E-state index contributed by atoms with van der Waals surface area (Å²) < 4.78 is 6.40. The van der Waals surface area contributed by atoms with Gasteiger partial charge in [-0.05, 0) is 36.8 Å². The largest absolute Gasteiger partial charge is 0.484 e. The van der Waals surface area contributed by atoms with Gasteiger partial charge in [-0.25, -0.2) is 4.98 Å². The minimum absolute atomic E-state index is 0.0188. The highest BCUT2D eigenvalue weighted by molar-refractivity contribution is 5.38. The highest BCUT2D eigenvalue weighted by atomic mass is 16.5. The molecule has 1 fully saturated rings. The van der Waals surface area contributed by atoms with E-state index in [-0.39, 0.29) is 6.10 Å². The van der Waals surface area contributed by atoms with Gasteiger partial charge in [-0.15, -0.1) is 0 Å². The summed E-state index contributed by atoms with van der Waals surface area (Å²) in [6.07, 6.45) is 1.88. The molecule has 0 amide bonds. The van der Waals surface area contributed by atoms with Gasteiger partial charge in [0.05, 0.1) is 0 Å². The molecule has 2 aromatic carbocycles. The first-order valence-electron chi connectivity index (χ1n) is 9.94. The second-order valence-electron chi connectivity index (χ2n) is 7.31. The normalized spacial score (nSPS) is 16.0. The molecule has 0 spiro atoms. The number of benzene rings is 2. The van der Waals surface area contributed by atoms with Crippen LogP contribution in [0.3, 0.4) is 0 Å². The van der Waals surface area contributed by atoms with Crippen LogP contribution in [0.4, 0.5) is 5.82 Å². The average Bonchev–Trinajstić information content (AvgIpc) is 2.76. The van der Waals surface area contributed by atoms with Crippen molar-refractivity contribution in [3.8, 4) is 5.75 Å². The highest BCUT2D eigenvalue weighted by Gasteiger charge is 2.23. The number of nitrogens with zero attached hydrogens (tertiary/aromatic N) is 3. The number of aromatic nitrogens is 1. The number of ether oxygens (including phenoxy) is 1. The summed E-state index contributed by atoms with van der Waals surface area (Å²) in [7, 11) is 0. The molecule has 1 aliphatic rings. The zero-order chi connectivity index (χ0) is 19.2. The molecule has 28 heavy (non-hydrogen) atoms. The van der Waals surface area contributed by atoms with Crippen LogP contribution in [0.15, 0.2) is 79.0 Å². The molecule has 4 nitrogen and oxygen atoms in total. The molecule has 0 saturated carbocycles. The Morgan fingerprint density at radius 1 is 0.857 bits per heavy atom. The van der Waals surface area contributed by atoms with Crippen LogP contribution in [0, 0.1) is 6.92 Å². The Morgan fingerprint density at radius 3 is 2.25 bits per heavy atom. The van der Waals surface area contributed by atoms with Gasteiger partial charge in [0.25, 0.3) is 0 Å². The fourth-order valence-electron chi connectivity index (χ4n) is 3.59. The monoisotopic (exact) mass is 373 g/mol. The van der Waals surface area contributed by atoms with Gasteiger partial charge in [0, 0.05) is 38.9 Å². The third kappa shape index (κ3) is 4.70. The van der Waals surface area contributed by atoms with Crippen LogP contribution in [0.2, 0.25) is 0 Å². The van der Waals surface area contributed by atoms with Gasteiger partial charge in [0.2, 0.25) is 0 Å². The van der Waals surface area contributed by atoms with E-state index < -0.39 is 0 Å². The Morgan fingerprint density at radius 2 is 1.57 bits per heavy atom. The van der Waals surface area contributed by atoms with Crippen molar-refractivity contribution in [3.05, 3.63) is 90.1 Å². The molecule has 1 unspecified atom stereocenters. The predicted octanol–water partition coefficient (Wildman–Crippen LogP) is 4.33. The molecule has 4 heteroatoms. The Kier molecular flexibility index (Phi) is 5.88. The van der Waals surface area contributed by atoms with Gasteiger partial charge in [-0.2, -0.15) is 0 Å². The van der Waals surface area contributed by atoms with E-state index in [9.17, 15) is 0 Å². The molecule has 1 aliphatic heterocycles. The van der Waals surface area contributed by atoms with Crippen LogP contribution in [0.1, 0.15) is 17.2 Å². The Hall–Kier alpha value is -2.85. The molecule has 0 aliphatic carbocycles. The second kappa shape index (κ2) is 8.89. The number of piperazine rings is 1. The van der Waals surface area contributed by atoms with Crippen LogP contribution in [-0.2, 0) is 0 Å². The van der Waals surface area contributed by atoms with E-state index in [4.69, 9.17) is 4.74 Å². The van der Waals surface area contributed by atoms with E-state index in [0.717, 1.165) is 44.3 Å². The number of hydrogen-bond acceptors (Lipinski definition) is 4. The number of rotatable bonds is 6. The smallest absolute Gasteiger partial charge is 0.136 e. The lowest BCUT2D eigenvalue weighted by Gasteiger charge is -2.37. The second-order valence-corrected chi connectivity index (χ2v) is 7.31. The molecule has 144 valence electrons. The van der Waals surface area contributed by atoms with Crippen molar-refractivity contribution in [1.82, 2.24) is 9.88 Å². The van der Waals surface area contributed by atoms with Gasteiger partial charge in [-0.1, -0.05) is 54.1 Å². The minimum atomic E-state index is 0.0188. The number of aryl methyl sites for hydroxylation is 1. The third-order valence-corrected chi connectivity index (χ3v) is 5.24. The fourth-order valence-corrected chi connectivity index (χ4v) is 3.59. The lowest BCUT2D eigenvalue weighted by Crippen LogP contribution is -2.48. The molecular weight excluding hydrogens is 346 g/mol. The van der Waals surface area contributed by atoms with Crippen LogP contribution >= 0.6 is 0 Å². The standard InChI is InChI=1S/C24H27N3O/c1-20-10-12-22(13-11-20)28-23(21-7-3-2-4-8-21)19-26-15-17-27(18-16-26)24-9-5-6-14-25-24/h2-14,23H,15-19H2,1H3. The molecule has 3 aromatic rings. The SMILES string of the molecule is Cc1ccc(OC(CN2CCN(c3ccccn3)CC2)c2ccccc2)cc1. The van der Waals surface area contributed by atoms with Gasteiger partial charge in [0.1, 0.15) is 17.7 Å².